The molecule has 2 heterocycles. The van der Waals surface area contributed by atoms with Gasteiger partial charge in [-0.2, -0.15) is 0 Å². The van der Waals surface area contributed by atoms with Crippen molar-refractivity contribution in [2.75, 3.05) is 25.7 Å². The summed E-state index contributed by atoms with van der Waals surface area (Å²) in [5.74, 6) is 0.905. The number of thiazole rings is 1. The highest BCUT2D eigenvalue weighted by atomic mass is 35.5. The lowest BCUT2D eigenvalue weighted by Crippen LogP contribution is -2.32. The van der Waals surface area contributed by atoms with E-state index >= 15 is 0 Å². The van der Waals surface area contributed by atoms with E-state index in [0.29, 0.717) is 33.8 Å². The fourth-order valence-electron chi connectivity index (χ4n) is 3.45. The highest BCUT2D eigenvalue weighted by Gasteiger charge is 2.23. The van der Waals surface area contributed by atoms with Gasteiger partial charge in [0.1, 0.15) is 0 Å². The molecule has 0 atom stereocenters. The SMILES string of the molecule is COc1ccc(C(=O)N(CCCn2ccnc2)c2nc3c(C)ccc(Cl)c3s2)cc1OC. The zero-order valence-electron chi connectivity index (χ0n) is 18.0. The molecule has 32 heavy (non-hydrogen) atoms. The maximum Gasteiger partial charge on any atom is 0.260 e. The number of fused-ring (bicyclic) bond motifs is 1. The lowest BCUT2D eigenvalue weighted by atomic mass is 10.1. The highest BCUT2D eigenvalue weighted by Crippen LogP contribution is 2.36. The molecule has 0 aliphatic heterocycles. The van der Waals surface area contributed by atoms with Crippen LogP contribution < -0.4 is 14.4 Å². The summed E-state index contributed by atoms with van der Waals surface area (Å²) in [7, 11) is 3.11. The Morgan fingerprint density at radius 3 is 2.69 bits per heavy atom. The lowest BCUT2D eigenvalue weighted by molar-refractivity contribution is 0.0986. The Morgan fingerprint density at radius 2 is 2.00 bits per heavy atom. The van der Waals surface area contributed by atoms with Crippen LogP contribution in [-0.4, -0.2) is 41.2 Å². The van der Waals surface area contributed by atoms with Gasteiger partial charge >= 0.3 is 0 Å². The van der Waals surface area contributed by atoms with Crippen molar-refractivity contribution in [1.29, 1.82) is 0 Å². The minimum absolute atomic E-state index is 0.163. The molecule has 0 saturated carbocycles. The van der Waals surface area contributed by atoms with Gasteiger partial charge in [0.2, 0.25) is 0 Å². The molecule has 166 valence electrons. The third-order valence-corrected chi connectivity index (χ3v) is 6.69. The molecule has 0 unspecified atom stereocenters. The first-order valence-corrected chi connectivity index (χ1v) is 11.3. The third-order valence-electron chi connectivity index (χ3n) is 5.15. The Kier molecular flexibility index (Phi) is 6.62. The van der Waals surface area contributed by atoms with Gasteiger partial charge in [0.05, 0.1) is 35.8 Å². The molecule has 1 amide bonds. The maximum atomic E-state index is 13.6. The second-order valence-corrected chi connectivity index (χ2v) is 8.60. The average molecular weight is 471 g/mol. The second kappa shape index (κ2) is 9.58. The minimum atomic E-state index is -0.163. The predicted molar refractivity (Wildman–Crippen MR) is 127 cm³/mol. The van der Waals surface area contributed by atoms with Crippen LogP contribution in [0.3, 0.4) is 0 Å². The first kappa shape index (κ1) is 22.1. The Balaban J connectivity index is 1.69. The summed E-state index contributed by atoms with van der Waals surface area (Å²) in [5, 5.41) is 1.24. The van der Waals surface area contributed by atoms with Gasteiger partial charge in [-0.25, -0.2) is 9.97 Å². The van der Waals surface area contributed by atoms with E-state index in [1.165, 1.54) is 11.3 Å². The number of carbonyl (C=O) groups excluding carboxylic acids is 1. The molecule has 9 heteroatoms. The van der Waals surface area contributed by atoms with E-state index in [1.807, 2.05) is 29.8 Å². The van der Waals surface area contributed by atoms with Crippen LogP contribution in [0, 0.1) is 6.92 Å². The van der Waals surface area contributed by atoms with Crippen molar-refractivity contribution < 1.29 is 14.3 Å². The van der Waals surface area contributed by atoms with Gasteiger partial charge in [-0.15, -0.1) is 0 Å². The molecule has 0 N–H and O–H groups in total. The van der Waals surface area contributed by atoms with Crippen LogP contribution in [0.25, 0.3) is 10.2 Å². The first-order chi connectivity index (χ1) is 15.5. The Hall–Kier alpha value is -3.10. The smallest absolute Gasteiger partial charge is 0.260 e. The number of hydrogen-bond acceptors (Lipinski definition) is 6. The van der Waals surface area contributed by atoms with Crippen LogP contribution in [0.15, 0.2) is 49.1 Å². The molecule has 7 nitrogen and oxygen atoms in total. The summed E-state index contributed by atoms with van der Waals surface area (Å²) >= 11 is 7.84. The van der Waals surface area contributed by atoms with Crippen molar-refractivity contribution >= 4 is 44.2 Å². The molecule has 0 bridgehead atoms. The number of halogens is 1. The number of rotatable bonds is 8. The number of carbonyl (C=O) groups is 1. The number of benzene rings is 2. The fourth-order valence-corrected chi connectivity index (χ4v) is 4.79. The molecular weight excluding hydrogens is 448 g/mol. The van der Waals surface area contributed by atoms with Gasteiger partial charge in [0.15, 0.2) is 16.6 Å². The van der Waals surface area contributed by atoms with E-state index in [-0.39, 0.29) is 5.91 Å². The van der Waals surface area contributed by atoms with Crippen LogP contribution in [0.5, 0.6) is 11.5 Å². The van der Waals surface area contributed by atoms with E-state index in [2.05, 4.69) is 4.98 Å². The zero-order chi connectivity index (χ0) is 22.7. The van der Waals surface area contributed by atoms with E-state index in [1.54, 1.807) is 49.8 Å². The van der Waals surface area contributed by atoms with Crippen LogP contribution >= 0.6 is 22.9 Å². The summed E-state index contributed by atoms with van der Waals surface area (Å²) in [6.45, 7) is 3.21. The summed E-state index contributed by atoms with van der Waals surface area (Å²) in [6, 6.07) is 8.96. The molecule has 4 aromatic rings. The number of aryl methyl sites for hydroxylation is 2. The molecule has 0 aliphatic rings. The molecule has 2 aromatic heterocycles. The molecule has 0 fully saturated rings. The van der Waals surface area contributed by atoms with E-state index in [9.17, 15) is 4.79 Å². The van der Waals surface area contributed by atoms with E-state index in [0.717, 1.165) is 28.7 Å². The maximum absolute atomic E-state index is 13.6. The summed E-state index contributed by atoms with van der Waals surface area (Å²) in [4.78, 5) is 24.2. The molecular formula is C23H23ClN4O3S. The largest absolute Gasteiger partial charge is 0.493 e. The lowest BCUT2D eigenvalue weighted by Gasteiger charge is -2.20. The van der Waals surface area contributed by atoms with Crippen molar-refractivity contribution in [3.63, 3.8) is 0 Å². The Morgan fingerprint density at radius 1 is 1.19 bits per heavy atom. The van der Waals surface area contributed by atoms with Crippen LogP contribution in [-0.2, 0) is 6.54 Å². The van der Waals surface area contributed by atoms with E-state index in [4.69, 9.17) is 26.1 Å². The normalized spacial score (nSPS) is 11.0. The summed E-state index contributed by atoms with van der Waals surface area (Å²) in [5.41, 5.74) is 2.33. The number of methoxy groups -OCH3 is 2. The number of imidazole rings is 1. The van der Waals surface area contributed by atoms with Crippen LogP contribution in [0.2, 0.25) is 5.02 Å². The van der Waals surface area contributed by atoms with Crippen molar-refractivity contribution in [3.8, 4) is 11.5 Å². The first-order valence-electron chi connectivity index (χ1n) is 10.1. The van der Waals surface area contributed by atoms with Crippen molar-refractivity contribution in [3.05, 3.63) is 65.2 Å². The van der Waals surface area contributed by atoms with Crippen molar-refractivity contribution in [2.24, 2.45) is 0 Å². The number of amides is 1. The average Bonchev–Trinajstić information content (AvgIpc) is 3.49. The zero-order valence-corrected chi connectivity index (χ0v) is 19.6. The summed E-state index contributed by atoms with van der Waals surface area (Å²) < 4.78 is 13.6. The summed E-state index contributed by atoms with van der Waals surface area (Å²) in [6.07, 6.45) is 6.14. The number of ether oxygens (including phenoxy) is 2. The Bertz CT molecular complexity index is 1200. The van der Waals surface area contributed by atoms with Gasteiger partial charge < -0.3 is 14.0 Å². The van der Waals surface area contributed by atoms with Crippen molar-refractivity contribution in [2.45, 2.75) is 19.9 Å². The molecule has 0 saturated heterocycles. The Labute approximate surface area is 195 Å². The number of nitrogens with zero attached hydrogens (tertiary/aromatic N) is 4. The molecule has 4 rings (SSSR count). The standard InChI is InChI=1S/C23H23ClN4O3S/c1-15-5-7-17(24)21-20(15)26-23(32-21)28(11-4-10-27-12-9-25-14-27)22(29)16-6-8-18(30-2)19(13-16)31-3/h5-9,12-14H,4,10-11H2,1-3H3. The van der Waals surface area contributed by atoms with E-state index < -0.39 is 0 Å². The molecule has 0 aliphatic carbocycles. The van der Waals surface area contributed by atoms with Crippen LogP contribution in [0.4, 0.5) is 5.13 Å². The molecule has 0 spiro atoms. The topological polar surface area (TPSA) is 69.5 Å². The monoisotopic (exact) mass is 470 g/mol. The van der Waals surface area contributed by atoms with Crippen LogP contribution in [0.1, 0.15) is 22.3 Å². The number of anilines is 1. The predicted octanol–water partition coefficient (Wildman–Crippen LogP) is 5.21. The highest BCUT2D eigenvalue weighted by molar-refractivity contribution is 7.23. The fraction of sp³-hybridized carbons (Fsp3) is 0.261. The molecule has 2 aromatic carbocycles. The number of aromatic nitrogens is 3. The minimum Gasteiger partial charge on any atom is -0.493 e. The quantitative estimate of drug-likeness (QED) is 0.353. The van der Waals surface area contributed by atoms with Gasteiger partial charge in [0.25, 0.3) is 5.91 Å². The molecule has 0 radical (unpaired) electrons. The number of hydrogen-bond donors (Lipinski definition) is 0. The third kappa shape index (κ3) is 4.42. The van der Waals surface area contributed by atoms with Crippen molar-refractivity contribution in [1.82, 2.24) is 14.5 Å². The van der Waals surface area contributed by atoms with Gasteiger partial charge in [-0.1, -0.05) is 29.0 Å². The van der Waals surface area contributed by atoms with Gasteiger partial charge in [0, 0.05) is 31.0 Å². The second-order valence-electron chi connectivity index (χ2n) is 7.22. The van der Waals surface area contributed by atoms with Gasteiger partial charge in [-0.3, -0.25) is 9.69 Å². The van der Waals surface area contributed by atoms with Gasteiger partial charge in [-0.05, 0) is 43.2 Å².